The summed E-state index contributed by atoms with van der Waals surface area (Å²) >= 11 is 12.8. The molecule has 6 rings (SSSR count). The Balaban J connectivity index is 1.35. The van der Waals surface area contributed by atoms with Gasteiger partial charge in [-0.25, -0.2) is 9.78 Å². The monoisotopic (exact) mass is 548 g/mol. The van der Waals surface area contributed by atoms with Crippen molar-refractivity contribution in [3.8, 4) is 28.1 Å². The van der Waals surface area contributed by atoms with Gasteiger partial charge in [0.05, 0.1) is 17.4 Å². The summed E-state index contributed by atoms with van der Waals surface area (Å²) in [6, 6.07) is 15.3. The fraction of sp³-hybridized carbons (Fsp3) is 0.120. The molecule has 1 amide bonds. The Morgan fingerprint density at radius 2 is 1.89 bits per heavy atom. The second kappa shape index (κ2) is 9.43. The molecule has 1 aliphatic rings. The normalized spacial score (nSPS) is 14.4. The van der Waals surface area contributed by atoms with Crippen molar-refractivity contribution in [3.63, 3.8) is 0 Å². The van der Waals surface area contributed by atoms with E-state index in [9.17, 15) is 9.59 Å². The van der Waals surface area contributed by atoms with Crippen LogP contribution in [0.5, 0.6) is 0 Å². The van der Waals surface area contributed by atoms with Crippen molar-refractivity contribution >= 4 is 35.0 Å². The minimum Gasteiger partial charge on any atom is -0.465 e. The number of amides is 1. The Morgan fingerprint density at radius 1 is 1.08 bits per heavy atom. The van der Waals surface area contributed by atoms with Crippen molar-refractivity contribution in [2.45, 2.75) is 18.9 Å². The van der Waals surface area contributed by atoms with E-state index in [1.807, 2.05) is 6.07 Å². The number of anilines is 1. The topological polar surface area (TPSA) is 144 Å². The Kier molecular flexibility index (Phi) is 5.93. The Morgan fingerprint density at radius 3 is 2.63 bits per heavy atom. The second-order valence-corrected chi connectivity index (χ2v) is 9.50. The molecular formula is C25H18Cl2N8O3. The molecule has 1 atom stereocenters. The van der Waals surface area contributed by atoms with E-state index in [0.29, 0.717) is 46.3 Å². The molecule has 38 heavy (non-hydrogen) atoms. The zero-order chi connectivity index (χ0) is 26.4. The lowest BCUT2D eigenvalue weighted by Gasteiger charge is -2.15. The van der Waals surface area contributed by atoms with E-state index in [1.165, 1.54) is 11.0 Å². The largest absolute Gasteiger partial charge is 0.465 e. The summed E-state index contributed by atoms with van der Waals surface area (Å²) in [5.74, 6) is 0.573. The minimum atomic E-state index is -1.14. The first kappa shape index (κ1) is 23.9. The maximum Gasteiger partial charge on any atom is 0.409 e. The van der Waals surface area contributed by atoms with Crippen molar-refractivity contribution in [1.82, 2.24) is 34.7 Å². The van der Waals surface area contributed by atoms with Gasteiger partial charge in [0.15, 0.2) is 5.15 Å². The maximum absolute atomic E-state index is 13.4. The van der Waals surface area contributed by atoms with Gasteiger partial charge in [-0.3, -0.25) is 10.1 Å². The summed E-state index contributed by atoms with van der Waals surface area (Å²) in [4.78, 5) is 32.0. The molecule has 0 unspecified atom stereocenters. The predicted molar refractivity (Wildman–Crippen MR) is 141 cm³/mol. The number of aromatic nitrogens is 7. The summed E-state index contributed by atoms with van der Waals surface area (Å²) in [5, 5.41) is 23.4. The quantitative estimate of drug-likeness (QED) is 0.285. The second-order valence-electron chi connectivity index (χ2n) is 8.71. The molecule has 5 aromatic rings. The lowest BCUT2D eigenvalue weighted by molar-refractivity contribution is 0.209. The molecule has 190 valence electrons. The van der Waals surface area contributed by atoms with E-state index in [-0.39, 0.29) is 16.8 Å². The Bertz CT molecular complexity index is 1730. The van der Waals surface area contributed by atoms with Crippen molar-refractivity contribution < 1.29 is 9.90 Å². The molecule has 0 saturated carbocycles. The smallest absolute Gasteiger partial charge is 0.409 e. The number of aryl methyl sites for hydroxylation is 1. The molecule has 4 heterocycles. The molecule has 1 aliphatic heterocycles. The van der Waals surface area contributed by atoms with Gasteiger partial charge >= 0.3 is 6.09 Å². The summed E-state index contributed by atoms with van der Waals surface area (Å²) in [6.45, 7) is 0. The van der Waals surface area contributed by atoms with Crippen LogP contribution < -0.4 is 10.9 Å². The molecule has 11 nitrogen and oxygen atoms in total. The summed E-state index contributed by atoms with van der Waals surface area (Å²) in [6.07, 6.45) is 1.67. The highest BCUT2D eigenvalue weighted by molar-refractivity contribution is 6.32. The highest BCUT2D eigenvalue weighted by atomic mass is 35.5. The minimum absolute atomic E-state index is 0.180. The van der Waals surface area contributed by atoms with Gasteiger partial charge in [0.1, 0.15) is 12.2 Å². The number of imidazole rings is 1. The number of hydrogen-bond donors (Lipinski definition) is 3. The Hall–Kier alpha value is -4.48. The average Bonchev–Trinajstić information content (AvgIpc) is 3.64. The van der Waals surface area contributed by atoms with Gasteiger partial charge in [0.25, 0.3) is 5.56 Å². The number of fused-ring (bicyclic) bond motifs is 1. The first-order valence-electron chi connectivity index (χ1n) is 11.5. The van der Waals surface area contributed by atoms with Crippen molar-refractivity contribution in [2.75, 3.05) is 5.32 Å². The first-order valence-corrected chi connectivity index (χ1v) is 12.3. The Labute approximate surface area is 224 Å². The van der Waals surface area contributed by atoms with Crippen molar-refractivity contribution in [1.29, 1.82) is 0 Å². The number of pyridine rings is 1. The van der Waals surface area contributed by atoms with E-state index in [0.717, 1.165) is 16.8 Å². The van der Waals surface area contributed by atoms with Crippen LogP contribution in [0.4, 0.5) is 10.5 Å². The fourth-order valence-electron chi connectivity index (χ4n) is 4.78. The number of carbonyl (C=O) groups is 1. The van der Waals surface area contributed by atoms with Crippen LogP contribution in [0, 0.1) is 0 Å². The molecule has 0 spiro atoms. The van der Waals surface area contributed by atoms with Gasteiger partial charge in [-0.15, -0.1) is 5.10 Å². The lowest BCUT2D eigenvalue weighted by Crippen LogP contribution is -2.24. The number of nitrogens with one attached hydrogen (secondary N) is 2. The van der Waals surface area contributed by atoms with Crippen LogP contribution in [0.15, 0.2) is 65.7 Å². The summed E-state index contributed by atoms with van der Waals surface area (Å²) in [5.41, 5.74) is 4.59. The number of tetrazole rings is 1. The predicted octanol–water partition coefficient (Wildman–Crippen LogP) is 4.81. The van der Waals surface area contributed by atoms with Crippen LogP contribution in [0.2, 0.25) is 10.2 Å². The van der Waals surface area contributed by atoms with Crippen LogP contribution in [0.25, 0.3) is 28.1 Å². The van der Waals surface area contributed by atoms with Crippen LogP contribution in [-0.4, -0.2) is 45.9 Å². The third-order valence-corrected chi connectivity index (χ3v) is 6.93. The SMILES string of the molecule is O=C(O)Nc1ccc(-c2[nH]c([C@@H]3CCc4cc(-c5cc(Cl)ccc5-n5cnnn5)cc(=O)n43)nc2Cl)cc1. The zero-order valence-corrected chi connectivity index (χ0v) is 21.0. The molecule has 0 fully saturated rings. The number of aromatic amines is 1. The molecule has 0 radical (unpaired) electrons. The van der Waals surface area contributed by atoms with Gasteiger partial charge in [0.2, 0.25) is 0 Å². The number of halogens is 2. The number of nitrogens with zero attached hydrogens (tertiary/aromatic N) is 6. The molecule has 3 N–H and O–H groups in total. The molecule has 3 aromatic heterocycles. The average molecular weight is 549 g/mol. The molecular weight excluding hydrogens is 531 g/mol. The fourth-order valence-corrected chi connectivity index (χ4v) is 5.20. The lowest BCUT2D eigenvalue weighted by atomic mass is 10.0. The standard InChI is InChI=1S/C25H18Cl2N8O3/c26-15-3-7-19(34-12-28-32-33-34)18(11-15)14-9-17-6-8-20(35(17)21(36)10-14)24-30-22(23(27)31-24)13-1-4-16(5-2-13)29-25(37)38/h1-5,7,9-12,20,29H,6,8H2,(H,30,31)(H,37,38)/t20-/m0/s1. The zero-order valence-electron chi connectivity index (χ0n) is 19.5. The van der Waals surface area contributed by atoms with Gasteiger partial charge in [-0.1, -0.05) is 35.3 Å². The van der Waals surface area contributed by atoms with Crippen LogP contribution in [-0.2, 0) is 6.42 Å². The van der Waals surface area contributed by atoms with Gasteiger partial charge in [-0.2, -0.15) is 4.68 Å². The van der Waals surface area contributed by atoms with Gasteiger partial charge in [0, 0.05) is 33.6 Å². The number of hydrogen-bond acceptors (Lipinski definition) is 6. The van der Waals surface area contributed by atoms with Crippen LogP contribution in [0.1, 0.15) is 24.0 Å². The van der Waals surface area contributed by atoms with Crippen LogP contribution in [0.3, 0.4) is 0 Å². The summed E-state index contributed by atoms with van der Waals surface area (Å²) in [7, 11) is 0. The molecule has 2 aromatic carbocycles. The molecule has 0 saturated heterocycles. The number of rotatable bonds is 5. The van der Waals surface area contributed by atoms with E-state index in [2.05, 4.69) is 30.8 Å². The number of H-pyrrole nitrogens is 1. The highest BCUT2D eigenvalue weighted by Crippen LogP contribution is 2.36. The summed E-state index contributed by atoms with van der Waals surface area (Å²) < 4.78 is 3.25. The maximum atomic E-state index is 13.4. The number of carboxylic acid groups (broad SMARTS) is 1. The highest BCUT2D eigenvalue weighted by Gasteiger charge is 2.29. The molecule has 0 bridgehead atoms. The van der Waals surface area contributed by atoms with Gasteiger partial charge in [-0.05, 0) is 65.2 Å². The first-order chi connectivity index (χ1) is 18.4. The third-order valence-electron chi connectivity index (χ3n) is 6.42. The molecule has 13 heteroatoms. The number of benzene rings is 2. The van der Waals surface area contributed by atoms with E-state index >= 15 is 0 Å². The van der Waals surface area contributed by atoms with E-state index < -0.39 is 6.09 Å². The molecule has 0 aliphatic carbocycles. The van der Waals surface area contributed by atoms with E-state index in [1.54, 1.807) is 53.1 Å². The van der Waals surface area contributed by atoms with Gasteiger partial charge < -0.3 is 14.7 Å². The van der Waals surface area contributed by atoms with Crippen molar-refractivity contribution in [2.24, 2.45) is 0 Å². The van der Waals surface area contributed by atoms with E-state index in [4.69, 9.17) is 28.3 Å². The van der Waals surface area contributed by atoms with Crippen LogP contribution >= 0.6 is 23.2 Å². The third kappa shape index (κ3) is 4.31. The van der Waals surface area contributed by atoms with Crippen molar-refractivity contribution in [3.05, 3.63) is 93.0 Å².